The summed E-state index contributed by atoms with van der Waals surface area (Å²) < 4.78 is 26.5. The van der Waals surface area contributed by atoms with Crippen LogP contribution in [0.25, 0.3) is 0 Å². The summed E-state index contributed by atoms with van der Waals surface area (Å²) >= 11 is 4.55. The molecule has 0 heterocycles. The molecule has 0 spiro atoms. The molecule has 2 aromatic rings. The number of halogens is 3. The van der Waals surface area contributed by atoms with E-state index in [1.165, 1.54) is 36.0 Å². The van der Waals surface area contributed by atoms with Crippen LogP contribution in [0.1, 0.15) is 5.56 Å². The molecule has 0 atom stereocenters. The maximum atomic E-state index is 13.1. The Morgan fingerprint density at radius 1 is 1.11 bits per heavy atom. The van der Waals surface area contributed by atoms with Crippen molar-refractivity contribution in [2.45, 2.75) is 10.6 Å². The number of hydrogen-bond acceptors (Lipinski definition) is 2. The predicted molar refractivity (Wildman–Crippen MR) is 74.5 cm³/mol. The van der Waals surface area contributed by atoms with Gasteiger partial charge >= 0.3 is 0 Å². The Labute approximate surface area is 117 Å². The smallest absolute Gasteiger partial charge is 0.137 e. The quantitative estimate of drug-likeness (QED) is 0.657. The van der Waals surface area contributed by atoms with Crippen LogP contribution < -0.4 is 5.73 Å². The van der Waals surface area contributed by atoms with Crippen molar-refractivity contribution >= 4 is 33.4 Å². The Balaban J connectivity index is 2.11. The van der Waals surface area contributed by atoms with Crippen LogP contribution in [0.5, 0.6) is 0 Å². The Kier molecular flexibility index (Phi) is 4.24. The molecule has 0 fully saturated rings. The van der Waals surface area contributed by atoms with Crippen LogP contribution in [0.2, 0.25) is 0 Å². The van der Waals surface area contributed by atoms with Gasteiger partial charge in [0.15, 0.2) is 0 Å². The van der Waals surface area contributed by atoms with Gasteiger partial charge in [0, 0.05) is 16.3 Å². The summed E-state index contributed by atoms with van der Waals surface area (Å²) in [6.45, 7) is 0. The van der Waals surface area contributed by atoms with Crippen molar-refractivity contribution in [3.63, 3.8) is 0 Å². The SMILES string of the molecule is Nc1ccc(F)cc1SCc1ccc(F)c(Br)c1. The summed E-state index contributed by atoms with van der Waals surface area (Å²) in [5, 5.41) is 0. The number of hydrogen-bond donors (Lipinski definition) is 1. The van der Waals surface area contributed by atoms with Crippen LogP contribution in [0, 0.1) is 11.6 Å². The Morgan fingerprint density at radius 2 is 1.89 bits per heavy atom. The monoisotopic (exact) mass is 329 g/mol. The predicted octanol–water partition coefficient (Wildman–Crippen LogP) is 4.60. The van der Waals surface area contributed by atoms with Crippen molar-refractivity contribution in [3.8, 4) is 0 Å². The number of nitrogen functional groups attached to an aromatic ring is 1. The number of nitrogens with two attached hydrogens (primary N) is 1. The Hall–Kier alpha value is -1.07. The molecule has 5 heteroatoms. The third-order valence-electron chi connectivity index (χ3n) is 2.35. The third-order valence-corrected chi connectivity index (χ3v) is 4.10. The summed E-state index contributed by atoms with van der Waals surface area (Å²) in [5.41, 5.74) is 7.24. The molecule has 94 valence electrons. The molecule has 1 nitrogen and oxygen atoms in total. The average molecular weight is 330 g/mol. The van der Waals surface area contributed by atoms with E-state index in [1.54, 1.807) is 12.1 Å². The van der Waals surface area contributed by atoms with Crippen molar-refractivity contribution in [1.29, 1.82) is 0 Å². The standard InChI is InChI=1S/C13H10BrF2NS/c14-10-5-8(1-3-11(10)16)7-18-13-6-9(15)2-4-12(13)17/h1-6H,7,17H2. The van der Waals surface area contributed by atoms with Crippen molar-refractivity contribution in [1.82, 2.24) is 0 Å². The summed E-state index contributed by atoms with van der Waals surface area (Å²) in [6.07, 6.45) is 0. The van der Waals surface area contributed by atoms with E-state index in [9.17, 15) is 8.78 Å². The van der Waals surface area contributed by atoms with Crippen LogP contribution >= 0.6 is 27.7 Å². The van der Waals surface area contributed by atoms with Gasteiger partial charge in [0.1, 0.15) is 11.6 Å². The lowest BCUT2D eigenvalue weighted by Gasteiger charge is -2.06. The zero-order valence-corrected chi connectivity index (χ0v) is 11.7. The van der Waals surface area contributed by atoms with Gasteiger partial charge in [-0.3, -0.25) is 0 Å². The van der Waals surface area contributed by atoms with Crippen LogP contribution in [0.3, 0.4) is 0 Å². The lowest BCUT2D eigenvalue weighted by molar-refractivity contribution is 0.620. The van der Waals surface area contributed by atoms with Crippen LogP contribution in [-0.2, 0) is 5.75 Å². The summed E-state index contributed by atoms with van der Waals surface area (Å²) in [7, 11) is 0. The first-order chi connectivity index (χ1) is 8.56. The van der Waals surface area contributed by atoms with E-state index in [1.807, 2.05) is 0 Å². The van der Waals surface area contributed by atoms with Crippen molar-refractivity contribution in [2.24, 2.45) is 0 Å². The molecular weight excluding hydrogens is 320 g/mol. The Bertz CT molecular complexity index is 575. The lowest BCUT2D eigenvalue weighted by Crippen LogP contribution is -1.90. The summed E-state index contributed by atoms with van der Waals surface area (Å²) in [5.74, 6) is -0.00648. The maximum Gasteiger partial charge on any atom is 0.137 e. The molecule has 0 radical (unpaired) electrons. The van der Waals surface area contributed by atoms with E-state index in [4.69, 9.17) is 5.73 Å². The van der Waals surface area contributed by atoms with E-state index in [2.05, 4.69) is 15.9 Å². The van der Waals surface area contributed by atoms with E-state index >= 15 is 0 Å². The third kappa shape index (κ3) is 3.23. The molecule has 0 amide bonds. The van der Waals surface area contributed by atoms with Crippen molar-refractivity contribution in [2.75, 3.05) is 5.73 Å². The molecule has 0 saturated carbocycles. The molecule has 2 rings (SSSR count). The van der Waals surface area contributed by atoms with Gasteiger partial charge in [0.05, 0.1) is 4.47 Å². The zero-order valence-electron chi connectivity index (χ0n) is 9.29. The topological polar surface area (TPSA) is 26.0 Å². The maximum absolute atomic E-state index is 13.1. The summed E-state index contributed by atoms with van der Waals surface area (Å²) in [4.78, 5) is 0.690. The normalized spacial score (nSPS) is 10.6. The first-order valence-electron chi connectivity index (χ1n) is 5.18. The molecule has 0 unspecified atom stereocenters. The van der Waals surface area contributed by atoms with Crippen LogP contribution in [0.4, 0.5) is 14.5 Å². The highest BCUT2D eigenvalue weighted by atomic mass is 79.9. The first kappa shape index (κ1) is 13.4. The highest BCUT2D eigenvalue weighted by molar-refractivity contribution is 9.10. The zero-order chi connectivity index (χ0) is 13.1. The Morgan fingerprint density at radius 3 is 2.61 bits per heavy atom. The van der Waals surface area contributed by atoms with Crippen LogP contribution in [-0.4, -0.2) is 0 Å². The molecule has 0 aromatic heterocycles. The fourth-order valence-corrected chi connectivity index (χ4v) is 2.78. The number of anilines is 1. The molecule has 0 bridgehead atoms. The number of rotatable bonds is 3. The fraction of sp³-hybridized carbons (Fsp3) is 0.0769. The minimum Gasteiger partial charge on any atom is -0.398 e. The van der Waals surface area contributed by atoms with E-state index < -0.39 is 0 Å². The van der Waals surface area contributed by atoms with Gasteiger partial charge in [0.25, 0.3) is 0 Å². The van der Waals surface area contributed by atoms with Gasteiger partial charge in [-0.1, -0.05) is 6.07 Å². The summed E-state index contributed by atoms with van der Waals surface area (Å²) in [6, 6.07) is 9.07. The molecule has 0 aliphatic heterocycles. The van der Waals surface area contributed by atoms with Gasteiger partial charge < -0.3 is 5.73 Å². The van der Waals surface area contributed by atoms with E-state index in [-0.39, 0.29) is 11.6 Å². The van der Waals surface area contributed by atoms with Crippen molar-refractivity contribution in [3.05, 3.63) is 58.1 Å². The highest BCUT2D eigenvalue weighted by Crippen LogP contribution is 2.29. The van der Waals surface area contributed by atoms with Gasteiger partial charge in [0.2, 0.25) is 0 Å². The molecular formula is C13H10BrF2NS. The molecule has 18 heavy (non-hydrogen) atoms. The van der Waals surface area contributed by atoms with E-state index in [0.717, 1.165) is 5.56 Å². The van der Waals surface area contributed by atoms with Gasteiger partial charge in [-0.2, -0.15) is 0 Å². The number of thioether (sulfide) groups is 1. The second kappa shape index (κ2) is 5.71. The average Bonchev–Trinajstić information content (AvgIpc) is 2.34. The van der Waals surface area contributed by atoms with Gasteiger partial charge in [-0.15, -0.1) is 11.8 Å². The molecule has 0 saturated heterocycles. The van der Waals surface area contributed by atoms with E-state index in [0.29, 0.717) is 20.8 Å². The molecule has 2 aromatic carbocycles. The van der Waals surface area contributed by atoms with Gasteiger partial charge in [-0.05, 0) is 51.8 Å². The molecule has 0 aliphatic rings. The lowest BCUT2D eigenvalue weighted by atomic mass is 10.2. The number of benzene rings is 2. The molecule has 0 aliphatic carbocycles. The fourth-order valence-electron chi connectivity index (χ4n) is 1.42. The van der Waals surface area contributed by atoms with Crippen LogP contribution in [0.15, 0.2) is 45.8 Å². The second-order valence-corrected chi connectivity index (χ2v) is 5.59. The van der Waals surface area contributed by atoms with Gasteiger partial charge in [-0.25, -0.2) is 8.78 Å². The highest BCUT2D eigenvalue weighted by Gasteiger charge is 2.04. The second-order valence-electron chi connectivity index (χ2n) is 3.72. The minimum atomic E-state index is -0.313. The largest absolute Gasteiger partial charge is 0.398 e. The molecule has 2 N–H and O–H groups in total. The minimum absolute atomic E-state index is 0.297. The first-order valence-corrected chi connectivity index (χ1v) is 6.96. The van der Waals surface area contributed by atoms with Crippen molar-refractivity contribution < 1.29 is 8.78 Å².